The van der Waals surface area contributed by atoms with Crippen LogP contribution >= 0.6 is 11.8 Å². The van der Waals surface area contributed by atoms with Crippen molar-refractivity contribution >= 4 is 134 Å². The summed E-state index contributed by atoms with van der Waals surface area (Å²) in [6.07, 6.45) is -3.46. The first-order chi connectivity index (χ1) is 56.1. The van der Waals surface area contributed by atoms with Crippen molar-refractivity contribution in [3.05, 3.63) is 114 Å². The monoisotopic (exact) mass is 1660 g/mol. The molecule has 25 N–H and O–H groups in total. The van der Waals surface area contributed by atoms with E-state index < -0.39 is 211 Å². The van der Waals surface area contributed by atoms with Gasteiger partial charge in [0.1, 0.15) is 71.7 Å². The number of fused-ring (bicyclic) bond motifs is 2. The van der Waals surface area contributed by atoms with Gasteiger partial charge in [0.05, 0.1) is 19.8 Å². The fourth-order valence-corrected chi connectivity index (χ4v) is 13.9. The Morgan fingerprint density at radius 3 is 1.81 bits per heavy atom. The van der Waals surface area contributed by atoms with E-state index in [-0.39, 0.29) is 82.5 Å². The first-order valence-corrected chi connectivity index (χ1v) is 39.8. The highest BCUT2D eigenvalue weighted by molar-refractivity contribution is 7.99. The SMILES string of the molecule is COc1ccc(C[C@H](NC(=O)[C@@H]2CSCC[C@H](NC(C)=O)C(=O)N[C@@H](CCC(N)=O)C(=O)N[C@@H]([C@@H](C)O)C(=O)N[C@@H](Cc3c[nH]c4ccccc34)C(=O)N[C@@H](CCC(N)=O)C(=O)N2)C(=O)N[C@@H](Cc2ccc3ccccc3c2)C(=O)N[C@@](C)(CCCCN)C(=O)N[C@@H](CCCCNC(C)=O)C(=O)N[C@@H](CCC(N)=O)C(=O)NCC(N)=O)cc1. The van der Waals surface area contributed by atoms with E-state index in [0.717, 1.165) is 36.4 Å². The number of rotatable bonds is 40. The summed E-state index contributed by atoms with van der Waals surface area (Å²) in [5, 5.41) is 47.0. The molecule has 1 fully saturated rings. The van der Waals surface area contributed by atoms with Gasteiger partial charge in [0.15, 0.2) is 0 Å². The van der Waals surface area contributed by atoms with Gasteiger partial charge in [-0.3, -0.25) is 81.5 Å². The number of hydrogen-bond donors (Lipinski definition) is 20. The van der Waals surface area contributed by atoms with E-state index in [0.29, 0.717) is 46.2 Å². The minimum Gasteiger partial charge on any atom is -0.497 e. The maximum Gasteiger partial charge on any atom is 0.246 e. The number of aromatic nitrogens is 1. The number of para-hydroxylation sites is 1. The lowest BCUT2D eigenvalue weighted by atomic mass is 9.91. The number of carbonyl (C=O) groups is 17. The predicted octanol–water partition coefficient (Wildman–Crippen LogP) is -3.55. The molecular weight excluding hydrogens is 1550 g/mol. The van der Waals surface area contributed by atoms with Crippen molar-refractivity contribution in [3.8, 4) is 5.75 Å². The molecule has 1 saturated heterocycles. The maximum absolute atomic E-state index is 15.7. The van der Waals surface area contributed by atoms with Crippen LogP contribution in [0.15, 0.2) is 97.2 Å². The van der Waals surface area contributed by atoms with E-state index in [1.807, 2.05) is 18.2 Å². The van der Waals surface area contributed by atoms with E-state index in [4.69, 9.17) is 33.4 Å². The number of unbranched alkanes of at least 4 members (excludes halogenated alkanes) is 2. The zero-order valence-corrected chi connectivity index (χ0v) is 67.3. The van der Waals surface area contributed by atoms with Gasteiger partial charge in [0.25, 0.3) is 0 Å². The second kappa shape index (κ2) is 47.1. The molecule has 1 aromatic heterocycles. The quantitative estimate of drug-likeness (QED) is 0.0169. The summed E-state index contributed by atoms with van der Waals surface area (Å²) >= 11 is 0.936. The highest BCUT2D eigenvalue weighted by Crippen LogP contribution is 2.24. The highest BCUT2D eigenvalue weighted by Gasteiger charge is 2.42. The lowest BCUT2D eigenvalue weighted by molar-refractivity contribution is -0.138. The summed E-state index contributed by atoms with van der Waals surface area (Å²) in [5.74, 6) is -16.1. The molecule has 0 bridgehead atoms. The molecule has 2 heterocycles. The minimum absolute atomic E-state index is 0.129. The van der Waals surface area contributed by atoms with Crippen LogP contribution in [0.3, 0.4) is 0 Å². The van der Waals surface area contributed by atoms with Crippen LogP contribution in [0, 0.1) is 0 Å². The largest absolute Gasteiger partial charge is 0.497 e. The molecule has 4 aromatic carbocycles. The molecule has 118 heavy (non-hydrogen) atoms. The first kappa shape index (κ1) is 94.6. The van der Waals surface area contributed by atoms with Crippen LogP contribution in [-0.2, 0) is 101 Å². The number of carbonyl (C=O) groups excluding carboxylic acids is 17. The van der Waals surface area contributed by atoms with Crippen molar-refractivity contribution < 1.29 is 91.4 Å². The smallest absolute Gasteiger partial charge is 0.246 e. The third-order valence-corrected chi connectivity index (χ3v) is 20.5. The van der Waals surface area contributed by atoms with Gasteiger partial charge < -0.3 is 113 Å². The molecule has 0 saturated carbocycles. The topological polar surface area (TPSA) is 622 Å². The molecule has 17 amide bonds. The van der Waals surface area contributed by atoms with Gasteiger partial charge in [-0.15, -0.1) is 0 Å². The molecule has 640 valence electrons. The van der Waals surface area contributed by atoms with Crippen molar-refractivity contribution in [3.63, 3.8) is 0 Å². The molecule has 1 aliphatic rings. The zero-order valence-electron chi connectivity index (χ0n) is 66.5. The van der Waals surface area contributed by atoms with Crippen LogP contribution in [0.4, 0.5) is 0 Å². The maximum atomic E-state index is 15.7. The van der Waals surface area contributed by atoms with Gasteiger partial charge in [-0.2, -0.15) is 11.8 Å². The Morgan fingerprint density at radius 1 is 0.585 bits per heavy atom. The minimum atomic E-state index is -1.98. The van der Waals surface area contributed by atoms with Gasteiger partial charge in [-0.25, -0.2) is 0 Å². The third kappa shape index (κ3) is 31.1. The van der Waals surface area contributed by atoms with E-state index in [1.165, 1.54) is 21.0 Å². The molecule has 0 aliphatic carbocycles. The molecule has 0 radical (unpaired) electrons. The summed E-state index contributed by atoms with van der Waals surface area (Å²) in [5.41, 5.74) is 27.8. The van der Waals surface area contributed by atoms with Crippen molar-refractivity contribution in [2.45, 2.75) is 202 Å². The number of hydrogen-bond acceptors (Lipinski definition) is 21. The van der Waals surface area contributed by atoms with Crippen LogP contribution in [0.25, 0.3) is 21.7 Å². The summed E-state index contributed by atoms with van der Waals surface area (Å²) in [6.45, 7) is 4.60. The van der Waals surface area contributed by atoms with E-state index >= 15 is 28.8 Å². The Labute approximate surface area is 685 Å². The second-order valence-electron chi connectivity index (χ2n) is 29.0. The van der Waals surface area contributed by atoms with Crippen molar-refractivity contribution in [1.29, 1.82) is 0 Å². The fraction of sp³-hybridized carbons (Fsp3) is 0.481. The number of primary amides is 4. The lowest BCUT2D eigenvalue weighted by Crippen LogP contribution is -2.64. The Kier molecular flexibility index (Phi) is 37.7. The second-order valence-corrected chi connectivity index (χ2v) is 30.2. The number of nitrogens with two attached hydrogens (primary N) is 5. The standard InChI is InChI=1S/C79H109N19O19S/c1-43(99)67-77(115)94-61(39-50-40-86-53-17-9-8-16-52(50)53)74(112)91-56(26-29-64(82)103)70(108)95-62(42-118-35-31-58(88-45(3)101)71(109)90-57(72(110)97-67)27-30-65(83)104)75(113)92-59(37-46-20-23-51(117-5)24-21-46)73(111)93-60(38-47-19-22-48-14-6-7-15-49(48)36-47)76(114)98-79(4,32-11-12-33-80)78(116)96-54(18-10-13-34-85-44(2)100)69(107)89-55(25-28-63(81)102)68(106)87-41-66(84)105/h6-9,14-17,19-24,36,40,43,54-62,67,86,99H,10-13,18,25-35,37-39,41-42,80H2,1-5H3,(H2,81,102)(H2,82,103)(H2,83,104)(H2,84,105)(H,85,100)(H,87,106)(H,88,101)(H,89,107)(H,90,109)(H,91,112)(H,92,113)(H,93,111)(H,94,115)(H,95,108)(H,96,116)(H,97,110)(H,98,114)/t43-,54+,55+,56+,57+,58+,59+,60+,61+,62+,67+,79+/m1/s1. The number of aromatic amines is 1. The molecule has 39 heteroatoms. The van der Waals surface area contributed by atoms with Crippen LogP contribution in [-0.4, -0.2) is 221 Å². The van der Waals surface area contributed by atoms with Crippen LogP contribution in [0.1, 0.15) is 128 Å². The van der Waals surface area contributed by atoms with Gasteiger partial charge in [-0.1, -0.05) is 72.8 Å². The molecule has 6 rings (SSSR count). The summed E-state index contributed by atoms with van der Waals surface area (Å²) in [6, 6.07) is 9.24. The molecule has 38 nitrogen and oxygen atoms in total. The van der Waals surface area contributed by atoms with Gasteiger partial charge >= 0.3 is 0 Å². The van der Waals surface area contributed by atoms with Crippen molar-refractivity contribution in [2.75, 3.05) is 38.2 Å². The van der Waals surface area contributed by atoms with E-state index in [1.54, 1.807) is 79.0 Å². The number of aliphatic hydroxyl groups excluding tert-OH is 1. The Morgan fingerprint density at radius 2 is 1.17 bits per heavy atom. The number of amides is 17. The Balaban J connectivity index is 1.45. The van der Waals surface area contributed by atoms with E-state index in [9.17, 15) is 57.8 Å². The van der Waals surface area contributed by atoms with Crippen LogP contribution in [0.5, 0.6) is 5.75 Å². The van der Waals surface area contributed by atoms with Crippen LogP contribution < -0.4 is 103 Å². The molecular formula is C79H109N19O19S. The molecule has 5 aromatic rings. The number of ether oxygens (including phenoxy) is 1. The number of nitrogens with one attached hydrogen (secondary N) is 14. The van der Waals surface area contributed by atoms with Crippen LogP contribution in [0.2, 0.25) is 0 Å². The predicted molar refractivity (Wildman–Crippen MR) is 434 cm³/mol. The Hall–Kier alpha value is -12.3. The average Bonchev–Trinajstić information content (AvgIpc) is 1.25. The van der Waals surface area contributed by atoms with Crippen molar-refractivity contribution in [1.82, 2.24) is 74.1 Å². The normalized spacial score (nSPS) is 18.8. The summed E-state index contributed by atoms with van der Waals surface area (Å²) in [4.78, 5) is 240. The highest BCUT2D eigenvalue weighted by atomic mass is 32.2. The van der Waals surface area contributed by atoms with E-state index in [2.05, 4.69) is 74.1 Å². The lowest BCUT2D eigenvalue weighted by Gasteiger charge is -2.34. The van der Waals surface area contributed by atoms with Gasteiger partial charge in [0, 0.05) is 81.8 Å². The molecule has 0 unspecified atom stereocenters. The molecule has 0 spiro atoms. The molecule has 1 aliphatic heterocycles. The summed E-state index contributed by atoms with van der Waals surface area (Å²) in [7, 11) is 1.42. The molecule has 12 atom stereocenters. The number of thioether (sulfide) groups is 1. The average molecular weight is 1660 g/mol. The number of methoxy groups -OCH3 is 1. The first-order valence-electron chi connectivity index (χ1n) is 38.7. The Bertz CT molecular complexity index is 4410. The number of H-pyrrole nitrogens is 1. The van der Waals surface area contributed by atoms with Gasteiger partial charge in [0.2, 0.25) is 100 Å². The van der Waals surface area contributed by atoms with Gasteiger partial charge in [-0.05, 0) is 136 Å². The zero-order chi connectivity index (χ0) is 86.8. The third-order valence-electron chi connectivity index (χ3n) is 19.4. The number of benzene rings is 4. The van der Waals surface area contributed by atoms with Crippen molar-refractivity contribution in [2.24, 2.45) is 28.7 Å². The summed E-state index contributed by atoms with van der Waals surface area (Å²) < 4.78 is 5.42. The number of aliphatic hydroxyl groups is 1. The fourth-order valence-electron chi connectivity index (χ4n) is 12.9.